The van der Waals surface area contributed by atoms with Crippen LogP contribution in [0.3, 0.4) is 0 Å². The van der Waals surface area contributed by atoms with Crippen LogP contribution in [0.4, 0.5) is 0 Å². The molecule has 7 heteroatoms. The van der Waals surface area contributed by atoms with Crippen LogP contribution in [0.1, 0.15) is 12.7 Å². The maximum Gasteiger partial charge on any atom is 0.261 e. The van der Waals surface area contributed by atoms with E-state index in [0.29, 0.717) is 43.1 Å². The van der Waals surface area contributed by atoms with E-state index in [-0.39, 0.29) is 12.4 Å². The predicted molar refractivity (Wildman–Crippen MR) is 86.6 cm³/mol. The van der Waals surface area contributed by atoms with Crippen molar-refractivity contribution < 1.29 is 14.0 Å². The van der Waals surface area contributed by atoms with Crippen molar-refractivity contribution in [3.63, 3.8) is 0 Å². The van der Waals surface area contributed by atoms with E-state index in [1.165, 1.54) is 0 Å². The number of hydrogen-bond donors (Lipinski definition) is 1. The second-order valence-electron chi connectivity index (χ2n) is 4.75. The van der Waals surface area contributed by atoms with Gasteiger partial charge in [0.1, 0.15) is 12.4 Å². The van der Waals surface area contributed by atoms with Gasteiger partial charge in [-0.1, -0.05) is 17.3 Å². The van der Waals surface area contributed by atoms with E-state index in [4.69, 9.17) is 14.0 Å². The van der Waals surface area contributed by atoms with Crippen molar-refractivity contribution in [3.8, 4) is 17.2 Å². The average molecular weight is 328 g/mol. The van der Waals surface area contributed by atoms with Crippen molar-refractivity contribution in [1.29, 1.82) is 0 Å². The Kier molecular flexibility index (Phi) is 7.87. The molecular formula is C15H22ClN3O3. The molecule has 2 rings (SSSR count). The molecule has 1 atom stereocenters. The summed E-state index contributed by atoms with van der Waals surface area (Å²) in [5, 5.41) is 7.16. The molecule has 1 heterocycles. The number of benzene rings is 1. The molecule has 0 saturated carbocycles. The summed E-state index contributed by atoms with van der Waals surface area (Å²) < 4.78 is 16.0. The number of aromatic nitrogens is 2. The summed E-state index contributed by atoms with van der Waals surface area (Å²) in [4.78, 5) is 4.43. The minimum atomic E-state index is 0. The molecule has 0 spiro atoms. The van der Waals surface area contributed by atoms with E-state index >= 15 is 0 Å². The fraction of sp³-hybridized carbons (Fsp3) is 0.467. The third-order valence-corrected chi connectivity index (χ3v) is 3.11. The zero-order valence-corrected chi connectivity index (χ0v) is 13.9. The number of likely N-dealkylation sites (N-methyl/N-ethyl adjacent to an activating group) is 1. The quantitative estimate of drug-likeness (QED) is 0.750. The van der Waals surface area contributed by atoms with Gasteiger partial charge in [0.2, 0.25) is 0 Å². The van der Waals surface area contributed by atoms with Gasteiger partial charge >= 0.3 is 0 Å². The first-order valence-corrected chi connectivity index (χ1v) is 6.95. The molecule has 0 saturated heterocycles. The number of para-hydroxylation sites is 1. The van der Waals surface area contributed by atoms with Crippen LogP contribution in [0.2, 0.25) is 0 Å². The Balaban J connectivity index is 0.00000242. The summed E-state index contributed by atoms with van der Waals surface area (Å²) in [6, 6.07) is 7.90. The Labute approximate surface area is 136 Å². The molecule has 2 aromatic rings. The first-order valence-electron chi connectivity index (χ1n) is 6.95. The SMILES string of the molecule is CNC(C)Cc1noc(-c2ccccc2OCCOC)n1.Cl. The summed E-state index contributed by atoms with van der Waals surface area (Å²) in [6.45, 7) is 3.08. The first-order chi connectivity index (χ1) is 10.2. The van der Waals surface area contributed by atoms with Crippen molar-refractivity contribution >= 4 is 12.4 Å². The minimum Gasteiger partial charge on any atom is -0.490 e. The third-order valence-electron chi connectivity index (χ3n) is 3.11. The standard InChI is InChI=1S/C15H21N3O3.ClH/c1-11(16-2)10-14-17-15(21-18-14)12-6-4-5-7-13(12)20-9-8-19-3;/h4-7,11,16H,8-10H2,1-3H3;1H. The Morgan fingerprint density at radius 1 is 1.27 bits per heavy atom. The predicted octanol–water partition coefficient (Wildman–Crippen LogP) is 2.33. The lowest BCUT2D eigenvalue weighted by Crippen LogP contribution is -2.24. The molecule has 0 aliphatic rings. The van der Waals surface area contributed by atoms with E-state index < -0.39 is 0 Å². The number of rotatable bonds is 8. The van der Waals surface area contributed by atoms with Crippen LogP contribution in [0.5, 0.6) is 5.75 Å². The Bertz CT molecular complexity index is 562. The normalized spacial score (nSPS) is 11.8. The number of hydrogen-bond acceptors (Lipinski definition) is 6. The highest BCUT2D eigenvalue weighted by molar-refractivity contribution is 5.85. The highest BCUT2D eigenvalue weighted by Gasteiger charge is 2.14. The van der Waals surface area contributed by atoms with Crippen molar-refractivity contribution in [2.75, 3.05) is 27.4 Å². The van der Waals surface area contributed by atoms with Crippen LogP contribution in [0, 0.1) is 0 Å². The smallest absolute Gasteiger partial charge is 0.261 e. The molecule has 0 radical (unpaired) electrons. The van der Waals surface area contributed by atoms with Crippen molar-refractivity contribution in [3.05, 3.63) is 30.1 Å². The molecule has 0 fully saturated rings. The molecule has 6 nitrogen and oxygen atoms in total. The molecule has 1 N–H and O–H groups in total. The van der Waals surface area contributed by atoms with Crippen molar-refractivity contribution in [1.82, 2.24) is 15.5 Å². The van der Waals surface area contributed by atoms with Gasteiger partial charge in [-0.3, -0.25) is 0 Å². The van der Waals surface area contributed by atoms with Gasteiger partial charge in [-0.15, -0.1) is 12.4 Å². The molecule has 0 bridgehead atoms. The van der Waals surface area contributed by atoms with E-state index in [0.717, 1.165) is 5.56 Å². The second kappa shape index (κ2) is 9.40. The van der Waals surface area contributed by atoms with Crippen LogP contribution in [0.25, 0.3) is 11.5 Å². The zero-order chi connectivity index (χ0) is 15.1. The molecule has 1 aromatic carbocycles. The van der Waals surface area contributed by atoms with Gasteiger partial charge in [0.05, 0.1) is 12.2 Å². The molecule has 0 aliphatic heterocycles. The maximum absolute atomic E-state index is 5.68. The van der Waals surface area contributed by atoms with E-state index in [1.807, 2.05) is 31.3 Å². The minimum absolute atomic E-state index is 0. The fourth-order valence-corrected chi connectivity index (χ4v) is 1.83. The topological polar surface area (TPSA) is 69.4 Å². The summed E-state index contributed by atoms with van der Waals surface area (Å²) in [7, 11) is 3.55. The average Bonchev–Trinajstić information content (AvgIpc) is 2.96. The summed E-state index contributed by atoms with van der Waals surface area (Å²) in [5.41, 5.74) is 0.796. The third kappa shape index (κ3) is 4.98. The van der Waals surface area contributed by atoms with Crippen LogP contribution >= 0.6 is 12.4 Å². The van der Waals surface area contributed by atoms with E-state index in [1.54, 1.807) is 7.11 Å². The first kappa shape index (κ1) is 18.4. The van der Waals surface area contributed by atoms with Crippen molar-refractivity contribution in [2.24, 2.45) is 0 Å². The number of nitrogens with zero attached hydrogens (tertiary/aromatic N) is 2. The van der Waals surface area contributed by atoms with Crippen LogP contribution in [0.15, 0.2) is 28.8 Å². The highest BCUT2D eigenvalue weighted by atomic mass is 35.5. The van der Waals surface area contributed by atoms with Gasteiger partial charge in [0, 0.05) is 19.6 Å². The lowest BCUT2D eigenvalue weighted by Gasteiger charge is -2.08. The molecule has 22 heavy (non-hydrogen) atoms. The van der Waals surface area contributed by atoms with Crippen LogP contribution in [-0.2, 0) is 11.2 Å². The maximum atomic E-state index is 5.68. The molecule has 1 unspecified atom stereocenters. The van der Waals surface area contributed by atoms with E-state index in [9.17, 15) is 0 Å². The number of methoxy groups -OCH3 is 1. The monoisotopic (exact) mass is 327 g/mol. The Hall–Kier alpha value is -1.63. The van der Waals surface area contributed by atoms with Gasteiger partial charge in [-0.25, -0.2) is 0 Å². The lowest BCUT2D eigenvalue weighted by atomic mass is 10.2. The van der Waals surface area contributed by atoms with E-state index in [2.05, 4.69) is 22.4 Å². The summed E-state index contributed by atoms with van der Waals surface area (Å²) in [5.74, 6) is 1.87. The van der Waals surface area contributed by atoms with Gasteiger partial charge in [0.15, 0.2) is 5.82 Å². The van der Waals surface area contributed by atoms with Gasteiger partial charge in [-0.2, -0.15) is 4.98 Å². The highest BCUT2D eigenvalue weighted by Crippen LogP contribution is 2.28. The summed E-state index contributed by atoms with van der Waals surface area (Å²) >= 11 is 0. The molecular weight excluding hydrogens is 306 g/mol. The largest absolute Gasteiger partial charge is 0.490 e. The van der Waals surface area contributed by atoms with Crippen LogP contribution in [-0.4, -0.2) is 43.6 Å². The molecule has 1 aromatic heterocycles. The zero-order valence-electron chi connectivity index (χ0n) is 13.0. The Morgan fingerprint density at radius 3 is 2.77 bits per heavy atom. The van der Waals surface area contributed by atoms with Gasteiger partial charge < -0.3 is 19.3 Å². The Morgan fingerprint density at radius 2 is 2.05 bits per heavy atom. The summed E-state index contributed by atoms with van der Waals surface area (Å²) in [6.07, 6.45) is 0.715. The number of halogens is 1. The van der Waals surface area contributed by atoms with Crippen molar-refractivity contribution in [2.45, 2.75) is 19.4 Å². The van der Waals surface area contributed by atoms with Gasteiger partial charge in [0.25, 0.3) is 5.89 Å². The number of ether oxygens (including phenoxy) is 2. The molecule has 0 aliphatic carbocycles. The van der Waals surface area contributed by atoms with Crippen LogP contribution < -0.4 is 10.1 Å². The van der Waals surface area contributed by atoms with Gasteiger partial charge in [-0.05, 0) is 26.1 Å². The second-order valence-corrected chi connectivity index (χ2v) is 4.75. The number of nitrogens with one attached hydrogen (secondary N) is 1. The molecule has 122 valence electrons. The fourth-order valence-electron chi connectivity index (χ4n) is 1.83. The molecule has 0 amide bonds. The lowest BCUT2D eigenvalue weighted by molar-refractivity contribution is 0.146.